The van der Waals surface area contributed by atoms with Gasteiger partial charge in [-0.2, -0.15) is 22.9 Å². The van der Waals surface area contributed by atoms with Crippen LogP contribution in [0.1, 0.15) is 22.3 Å². The molecule has 42 heavy (non-hydrogen) atoms. The Morgan fingerprint density at radius 3 is 2.50 bits per heavy atom. The summed E-state index contributed by atoms with van der Waals surface area (Å²) in [4.78, 5) is 29.1. The molecular formula is C30H20BrF3N4O4. The van der Waals surface area contributed by atoms with Gasteiger partial charge in [0.1, 0.15) is 6.61 Å². The first-order valence-electron chi connectivity index (χ1n) is 12.4. The number of fused-ring (bicyclic) bond motifs is 1. The number of aromatic nitrogens is 2. The van der Waals surface area contributed by atoms with Gasteiger partial charge in [0.15, 0.2) is 5.82 Å². The van der Waals surface area contributed by atoms with E-state index in [9.17, 15) is 28.1 Å². The number of aryl methyl sites for hydroxylation is 1. The van der Waals surface area contributed by atoms with Crippen molar-refractivity contribution in [2.24, 2.45) is 5.10 Å². The Morgan fingerprint density at radius 1 is 1.05 bits per heavy atom. The van der Waals surface area contributed by atoms with Crippen molar-refractivity contribution in [3.8, 4) is 17.1 Å². The first-order chi connectivity index (χ1) is 20.0. The Bertz CT molecular complexity index is 1900. The number of para-hydroxylation sites is 1. The van der Waals surface area contributed by atoms with Crippen molar-refractivity contribution in [3.63, 3.8) is 0 Å². The number of nitro groups is 1. The van der Waals surface area contributed by atoms with E-state index in [0.717, 1.165) is 27.9 Å². The van der Waals surface area contributed by atoms with E-state index >= 15 is 0 Å². The number of nitro benzene ring substituents is 1. The molecule has 5 aromatic rings. The standard InChI is InChI=1S/C30H20BrF3N4O4/c1-18-9-11-19(12-10-18)17-42-27-24(31)13-20(14-26(27)38(40)41)16-35-37-28(21-5-4-6-22(15-21)30(32,33)34)36-25-8-3-2-7-23(25)29(37)39/h2-16H,17H2,1H3. The lowest BCUT2D eigenvalue weighted by molar-refractivity contribution is -0.386. The zero-order chi connectivity index (χ0) is 30.0. The number of nitrogens with zero attached hydrogens (tertiary/aromatic N) is 4. The maximum Gasteiger partial charge on any atom is 0.416 e. The molecule has 0 fully saturated rings. The molecule has 1 aromatic heterocycles. The third-order valence-electron chi connectivity index (χ3n) is 6.27. The SMILES string of the molecule is Cc1ccc(COc2c(Br)cc(C=Nn3c(-c4cccc(C(F)(F)F)c4)nc4ccccc4c3=O)cc2[N+](=O)[O-])cc1. The summed E-state index contributed by atoms with van der Waals surface area (Å²) in [6, 6.07) is 21.0. The molecule has 5 rings (SSSR count). The third-order valence-corrected chi connectivity index (χ3v) is 6.86. The normalized spacial score (nSPS) is 11.7. The Balaban J connectivity index is 1.57. The number of hydrogen-bond acceptors (Lipinski definition) is 6. The molecule has 0 amide bonds. The molecule has 0 aliphatic carbocycles. The van der Waals surface area contributed by atoms with Crippen LogP contribution in [0.5, 0.6) is 5.75 Å². The van der Waals surface area contributed by atoms with Crippen molar-refractivity contribution in [3.05, 3.63) is 132 Å². The van der Waals surface area contributed by atoms with Crippen molar-refractivity contribution in [2.45, 2.75) is 19.7 Å². The van der Waals surface area contributed by atoms with E-state index in [4.69, 9.17) is 4.74 Å². The Morgan fingerprint density at radius 2 is 1.79 bits per heavy atom. The number of alkyl halides is 3. The van der Waals surface area contributed by atoms with E-state index in [1.54, 1.807) is 18.2 Å². The lowest BCUT2D eigenvalue weighted by atomic mass is 10.1. The van der Waals surface area contributed by atoms with Gasteiger partial charge in [-0.05, 0) is 58.7 Å². The average molecular weight is 637 g/mol. The van der Waals surface area contributed by atoms with Crippen LogP contribution in [0.3, 0.4) is 0 Å². The molecular weight excluding hydrogens is 617 g/mol. The van der Waals surface area contributed by atoms with E-state index in [-0.39, 0.29) is 50.4 Å². The van der Waals surface area contributed by atoms with Gasteiger partial charge in [-0.1, -0.05) is 54.1 Å². The third kappa shape index (κ3) is 6.08. The Kier molecular flexibility index (Phi) is 7.90. The van der Waals surface area contributed by atoms with Crippen LogP contribution < -0.4 is 10.3 Å². The van der Waals surface area contributed by atoms with Gasteiger partial charge in [-0.15, -0.1) is 0 Å². The van der Waals surface area contributed by atoms with Crippen LogP contribution in [0.25, 0.3) is 22.3 Å². The minimum absolute atomic E-state index is 0.00641. The maximum atomic E-state index is 13.4. The summed E-state index contributed by atoms with van der Waals surface area (Å²) in [6.45, 7) is 2.03. The number of rotatable bonds is 7. The molecule has 0 bridgehead atoms. The van der Waals surface area contributed by atoms with Crippen LogP contribution in [0.2, 0.25) is 0 Å². The predicted octanol–water partition coefficient (Wildman–Crippen LogP) is 7.52. The van der Waals surface area contributed by atoms with Gasteiger partial charge in [0.2, 0.25) is 5.75 Å². The first kappa shape index (κ1) is 28.7. The lowest BCUT2D eigenvalue weighted by Crippen LogP contribution is -2.20. The summed E-state index contributed by atoms with van der Waals surface area (Å²) in [5, 5.41) is 16.3. The summed E-state index contributed by atoms with van der Waals surface area (Å²) in [7, 11) is 0. The molecule has 0 unspecified atom stereocenters. The summed E-state index contributed by atoms with van der Waals surface area (Å²) >= 11 is 3.32. The fourth-order valence-corrected chi connectivity index (χ4v) is 4.75. The second-order valence-electron chi connectivity index (χ2n) is 9.28. The predicted molar refractivity (Wildman–Crippen MR) is 156 cm³/mol. The van der Waals surface area contributed by atoms with Gasteiger partial charge in [0, 0.05) is 17.2 Å². The number of benzene rings is 4. The largest absolute Gasteiger partial charge is 0.481 e. The minimum atomic E-state index is -4.62. The molecule has 1 heterocycles. The fraction of sp³-hybridized carbons (Fsp3) is 0.100. The van der Waals surface area contributed by atoms with Gasteiger partial charge in [0.25, 0.3) is 5.56 Å². The molecule has 0 N–H and O–H groups in total. The zero-order valence-electron chi connectivity index (χ0n) is 21.8. The monoisotopic (exact) mass is 636 g/mol. The van der Waals surface area contributed by atoms with Crippen LogP contribution in [0.15, 0.2) is 99.3 Å². The molecule has 12 heteroatoms. The summed E-state index contributed by atoms with van der Waals surface area (Å²) in [5.74, 6) is -0.125. The topological polar surface area (TPSA) is 99.6 Å². The number of hydrogen-bond donors (Lipinski definition) is 0. The molecule has 0 radical (unpaired) electrons. The maximum absolute atomic E-state index is 13.4. The molecule has 0 saturated carbocycles. The van der Waals surface area contributed by atoms with Crippen LogP contribution in [-0.4, -0.2) is 20.8 Å². The van der Waals surface area contributed by atoms with Crippen molar-refractivity contribution < 1.29 is 22.8 Å². The van der Waals surface area contributed by atoms with Gasteiger partial charge in [-0.3, -0.25) is 14.9 Å². The highest BCUT2D eigenvalue weighted by molar-refractivity contribution is 9.10. The van der Waals surface area contributed by atoms with Crippen molar-refractivity contribution >= 4 is 38.7 Å². The molecule has 0 spiro atoms. The molecule has 0 aliphatic rings. The van der Waals surface area contributed by atoms with E-state index in [2.05, 4.69) is 26.0 Å². The smallest absolute Gasteiger partial charge is 0.416 e. The first-order valence-corrected chi connectivity index (χ1v) is 13.2. The van der Waals surface area contributed by atoms with Crippen LogP contribution in [0.4, 0.5) is 18.9 Å². The highest BCUT2D eigenvalue weighted by Crippen LogP contribution is 2.37. The van der Waals surface area contributed by atoms with Gasteiger partial charge < -0.3 is 4.74 Å². The van der Waals surface area contributed by atoms with Crippen molar-refractivity contribution in [1.29, 1.82) is 0 Å². The Hall–Kier alpha value is -4.84. The number of ether oxygens (including phenoxy) is 1. The fourth-order valence-electron chi connectivity index (χ4n) is 4.17. The molecule has 212 valence electrons. The molecule has 8 nitrogen and oxygen atoms in total. The van der Waals surface area contributed by atoms with Crippen LogP contribution >= 0.6 is 15.9 Å². The lowest BCUT2D eigenvalue weighted by Gasteiger charge is -2.12. The van der Waals surface area contributed by atoms with Crippen molar-refractivity contribution in [2.75, 3.05) is 0 Å². The highest BCUT2D eigenvalue weighted by Gasteiger charge is 2.31. The highest BCUT2D eigenvalue weighted by atomic mass is 79.9. The van der Waals surface area contributed by atoms with Gasteiger partial charge in [-0.25, -0.2) is 4.98 Å². The van der Waals surface area contributed by atoms with Crippen LogP contribution in [-0.2, 0) is 12.8 Å². The van der Waals surface area contributed by atoms with E-state index in [1.165, 1.54) is 36.5 Å². The second-order valence-corrected chi connectivity index (χ2v) is 10.1. The van der Waals surface area contributed by atoms with Gasteiger partial charge >= 0.3 is 11.9 Å². The zero-order valence-corrected chi connectivity index (χ0v) is 23.4. The molecule has 4 aromatic carbocycles. The quantitative estimate of drug-likeness (QED) is 0.104. The molecule has 0 saturated heterocycles. The van der Waals surface area contributed by atoms with E-state index in [0.29, 0.717) is 0 Å². The van der Waals surface area contributed by atoms with E-state index in [1.807, 2.05) is 31.2 Å². The van der Waals surface area contributed by atoms with Crippen LogP contribution in [0, 0.1) is 17.0 Å². The molecule has 0 aliphatic heterocycles. The minimum Gasteiger partial charge on any atom is -0.481 e. The summed E-state index contributed by atoms with van der Waals surface area (Å²) in [5.41, 5.74) is 0.497. The van der Waals surface area contributed by atoms with E-state index < -0.39 is 22.2 Å². The summed E-state index contributed by atoms with van der Waals surface area (Å²) in [6.07, 6.45) is -3.42. The van der Waals surface area contributed by atoms with Gasteiger partial charge in [0.05, 0.1) is 32.1 Å². The second kappa shape index (κ2) is 11.6. The molecule has 0 atom stereocenters. The Labute approximate surface area is 245 Å². The summed E-state index contributed by atoms with van der Waals surface area (Å²) < 4.78 is 47.2. The number of halogens is 4. The van der Waals surface area contributed by atoms with Crippen molar-refractivity contribution in [1.82, 2.24) is 9.66 Å². The average Bonchev–Trinajstić information content (AvgIpc) is 2.96.